The van der Waals surface area contributed by atoms with Crippen molar-refractivity contribution in [2.24, 2.45) is 0 Å². The number of hydrogen-bond acceptors (Lipinski definition) is 6. The molecule has 1 aromatic carbocycles. The van der Waals surface area contributed by atoms with Crippen molar-refractivity contribution in [2.75, 3.05) is 27.3 Å². The van der Waals surface area contributed by atoms with E-state index in [4.69, 9.17) is 14.2 Å². The molecule has 1 N–H and O–H groups in total. The molecule has 0 aliphatic carbocycles. The minimum atomic E-state index is -0.479. The van der Waals surface area contributed by atoms with E-state index in [0.717, 1.165) is 19.4 Å². The fourth-order valence-electron chi connectivity index (χ4n) is 2.19. The van der Waals surface area contributed by atoms with E-state index in [0.29, 0.717) is 18.0 Å². The second kappa shape index (κ2) is 6.42. The van der Waals surface area contributed by atoms with E-state index in [2.05, 4.69) is 5.32 Å². The molecule has 1 unspecified atom stereocenters. The van der Waals surface area contributed by atoms with Crippen molar-refractivity contribution in [3.8, 4) is 17.2 Å². The van der Waals surface area contributed by atoms with Crippen LogP contribution in [0.4, 0.5) is 5.69 Å². The summed E-state index contributed by atoms with van der Waals surface area (Å²) in [4.78, 5) is 10.7. The number of hydrogen-bond donors (Lipinski definition) is 1. The minimum Gasteiger partial charge on any atom is -0.493 e. The summed E-state index contributed by atoms with van der Waals surface area (Å²) < 4.78 is 16.0. The lowest BCUT2D eigenvalue weighted by atomic mass is 10.1. The van der Waals surface area contributed by atoms with Crippen LogP contribution < -0.4 is 19.5 Å². The van der Waals surface area contributed by atoms with Crippen LogP contribution in [0.25, 0.3) is 0 Å². The predicted molar refractivity (Wildman–Crippen MR) is 72.7 cm³/mol. The normalized spacial score (nSPS) is 18.4. The number of nitro benzene ring substituents is 1. The lowest BCUT2D eigenvalue weighted by Crippen LogP contribution is -2.37. The third kappa shape index (κ3) is 3.11. The number of nitrogens with one attached hydrogen (secondary N) is 1. The molecule has 1 aliphatic rings. The maximum atomic E-state index is 11.1. The molecule has 1 fully saturated rings. The van der Waals surface area contributed by atoms with Crippen LogP contribution in [0.15, 0.2) is 12.1 Å². The van der Waals surface area contributed by atoms with Gasteiger partial charge in [0.25, 0.3) is 0 Å². The van der Waals surface area contributed by atoms with Gasteiger partial charge in [0, 0.05) is 12.6 Å². The summed E-state index contributed by atoms with van der Waals surface area (Å²) in [6, 6.07) is 2.83. The van der Waals surface area contributed by atoms with Crippen molar-refractivity contribution >= 4 is 5.69 Å². The molecule has 0 radical (unpaired) electrons. The molecule has 0 amide bonds. The van der Waals surface area contributed by atoms with Crippen LogP contribution >= 0.6 is 0 Å². The molecule has 110 valence electrons. The molecule has 1 atom stereocenters. The molecular formula is C13H18N2O5. The minimum absolute atomic E-state index is 0.0689. The van der Waals surface area contributed by atoms with E-state index < -0.39 is 4.92 Å². The van der Waals surface area contributed by atoms with Gasteiger partial charge in [-0.05, 0) is 19.4 Å². The van der Waals surface area contributed by atoms with Gasteiger partial charge in [0.2, 0.25) is 5.75 Å². The maximum Gasteiger partial charge on any atom is 0.314 e. The average molecular weight is 282 g/mol. The number of nitrogens with zero attached hydrogens (tertiary/aromatic N) is 1. The van der Waals surface area contributed by atoms with Crippen molar-refractivity contribution in [3.05, 3.63) is 22.2 Å². The molecular weight excluding hydrogens is 264 g/mol. The molecule has 0 saturated carbocycles. The number of nitro groups is 1. The van der Waals surface area contributed by atoms with Crippen molar-refractivity contribution in [1.82, 2.24) is 5.32 Å². The molecule has 1 saturated heterocycles. The summed E-state index contributed by atoms with van der Waals surface area (Å²) in [6.07, 6.45) is 1.80. The van der Waals surface area contributed by atoms with E-state index in [9.17, 15) is 10.1 Å². The largest absolute Gasteiger partial charge is 0.493 e. The monoisotopic (exact) mass is 282 g/mol. The van der Waals surface area contributed by atoms with Crippen LogP contribution in [-0.4, -0.2) is 38.3 Å². The smallest absolute Gasteiger partial charge is 0.314 e. The zero-order valence-electron chi connectivity index (χ0n) is 11.5. The molecule has 1 aromatic rings. The Hall–Kier alpha value is -2.02. The Balaban J connectivity index is 2.30. The maximum absolute atomic E-state index is 11.1. The van der Waals surface area contributed by atoms with Gasteiger partial charge in [0.05, 0.1) is 25.2 Å². The van der Waals surface area contributed by atoms with Gasteiger partial charge in [0.15, 0.2) is 11.5 Å². The van der Waals surface area contributed by atoms with Crippen molar-refractivity contribution < 1.29 is 19.1 Å². The van der Waals surface area contributed by atoms with Gasteiger partial charge < -0.3 is 19.5 Å². The molecule has 0 aromatic heterocycles. The fourth-order valence-corrected chi connectivity index (χ4v) is 2.19. The highest BCUT2D eigenvalue weighted by atomic mass is 16.6. The quantitative estimate of drug-likeness (QED) is 0.654. The first-order valence-electron chi connectivity index (χ1n) is 6.43. The number of rotatable bonds is 5. The van der Waals surface area contributed by atoms with E-state index in [1.165, 1.54) is 26.4 Å². The summed E-state index contributed by atoms with van der Waals surface area (Å²) in [5, 5.41) is 14.3. The first-order chi connectivity index (χ1) is 9.65. The standard InChI is InChI=1S/C13H18N2O5/c1-18-12-6-10(15(16)17)11(7-13(12)19-2)20-9-4-3-5-14-8-9/h6-7,9,14H,3-5,8H2,1-2H3. The summed E-state index contributed by atoms with van der Waals surface area (Å²) in [5.41, 5.74) is -0.117. The van der Waals surface area contributed by atoms with E-state index >= 15 is 0 Å². The Morgan fingerprint density at radius 2 is 1.95 bits per heavy atom. The Morgan fingerprint density at radius 3 is 2.50 bits per heavy atom. The zero-order chi connectivity index (χ0) is 14.5. The molecule has 7 heteroatoms. The predicted octanol–water partition coefficient (Wildman–Crippen LogP) is 1.74. The van der Waals surface area contributed by atoms with Gasteiger partial charge in [0.1, 0.15) is 6.10 Å². The van der Waals surface area contributed by atoms with Gasteiger partial charge >= 0.3 is 5.69 Å². The van der Waals surface area contributed by atoms with Crippen LogP contribution in [0.5, 0.6) is 17.2 Å². The Labute approximate surface area is 117 Å². The molecule has 1 aliphatic heterocycles. The van der Waals surface area contributed by atoms with Crippen LogP contribution in [0.3, 0.4) is 0 Å². The third-order valence-corrected chi connectivity index (χ3v) is 3.21. The topological polar surface area (TPSA) is 82.9 Å². The molecule has 20 heavy (non-hydrogen) atoms. The van der Waals surface area contributed by atoms with Crippen molar-refractivity contribution in [2.45, 2.75) is 18.9 Å². The lowest BCUT2D eigenvalue weighted by molar-refractivity contribution is -0.386. The zero-order valence-corrected chi connectivity index (χ0v) is 11.5. The Bertz CT molecular complexity index is 486. The highest BCUT2D eigenvalue weighted by Gasteiger charge is 2.24. The lowest BCUT2D eigenvalue weighted by Gasteiger charge is -2.24. The second-order valence-electron chi connectivity index (χ2n) is 4.52. The van der Waals surface area contributed by atoms with Crippen molar-refractivity contribution in [1.29, 1.82) is 0 Å². The number of benzene rings is 1. The number of ether oxygens (including phenoxy) is 3. The number of piperidine rings is 1. The van der Waals surface area contributed by atoms with Crippen LogP contribution in [0, 0.1) is 10.1 Å². The Morgan fingerprint density at radius 1 is 1.25 bits per heavy atom. The summed E-state index contributed by atoms with van der Waals surface area (Å²) >= 11 is 0. The summed E-state index contributed by atoms with van der Waals surface area (Å²) in [6.45, 7) is 1.64. The van der Waals surface area contributed by atoms with Crippen LogP contribution in [0.1, 0.15) is 12.8 Å². The van der Waals surface area contributed by atoms with Crippen LogP contribution in [0.2, 0.25) is 0 Å². The summed E-state index contributed by atoms with van der Waals surface area (Å²) in [7, 11) is 2.92. The van der Waals surface area contributed by atoms with Gasteiger partial charge in [-0.2, -0.15) is 0 Å². The molecule has 1 heterocycles. The second-order valence-corrected chi connectivity index (χ2v) is 4.52. The van der Waals surface area contributed by atoms with E-state index in [1.54, 1.807) is 0 Å². The molecule has 0 spiro atoms. The average Bonchev–Trinajstić information content (AvgIpc) is 2.47. The molecule has 2 rings (SSSR count). The molecule has 0 bridgehead atoms. The van der Waals surface area contributed by atoms with Crippen molar-refractivity contribution in [3.63, 3.8) is 0 Å². The third-order valence-electron chi connectivity index (χ3n) is 3.21. The Kier molecular flexibility index (Phi) is 4.62. The van der Waals surface area contributed by atoms with E-state index in [1.807, 2.05) is 0 Å². The van der Waals surface area contributed by atoms with E-state index in [-0.39, 0.29) is 17.5 Å². The highest BCUT2D eigenvalue weighted by molar-refractivity contribution is 5.58. The van der Waals surface area contributed by atoms with Gasteiger partial charge in [-0.25, -0.2) is 0 Å². The summed E-state index contributed by atoms with van der Waals surface area (Å²) in [5.74, 6) is 0.937. The highest BCUT2D eigenvalue weighted by Crippen LogP contribution is 2.39. The van der Waals surface area contributed by atoms with Gasteiger partial charge in [-0.15, -0.1) is 0 Å². The fraction of sp³-hybridized carbons (Fsp3) is 0.538. The van der Waals surface area contributed by atoms with Gasteiger partial charge in [-0.3, -0.25) is 10.1 Å². The van der Waals surface area contributed by atoms with Gasteiger partial charge in [-0.1, -0.05) is 0 Å². The first kappa shape index (κ1) is 14.4. The SMILES string of the molecule is COc1cc(OC2CCCNC2)c([N+](=O)[O-])cc1OC. The molecule has 7 nitrogen and oxygen atoms in total. The number of methoxy groups -OCH3 is 2. The first-order valence-corrected chi connectivity index (χ1v) is 6.43. The van der Waals surface area contributed by atoms with Crippen LogP contribution in [-0.2, 0) is 0 Å².